The Morgan fingerprint density at radius 3 is 2.88 bits per heavy atom. The number of anilines is 2. The van der Waals surface area contributed by atoms with Gasteiger partial charge in [0.25, 0.3) is 0 Å². The van der Waals surface area contributed by atoms with Crippen molar-refractivity contribution in [3.8, 4) is 5.88 Å². The largest absolute Gasteiger partial charge is 0.479 e. The molecule has 0 aromatic carbocycles. The first-order valence-electron chi connectivity index (χ1n) is 4.64. The van der Waals surface area contributed by atoms with Crippen molar-refractivity contribution < 1.29 is 14.3 Å². The van der Waals surface area contributed by atoms with Crippen LogP contribution in [0.1, 0.15) is 6.42 Å². The molecule has 3 N–H and O–H groups in total. The number of nitrogens with one attached hydrogen (secondary N) is 1. The van der Waals surface area contributed by atoms with Gasteiger partial charge in [-0.25, -0.2) is 4.98 Å². The van der Waals surface area contributed by atoms with Gasteiger partial charge in [-0.2, -0.15) is 4.98 Å². The lowest BCUT2D eigenvalue weighted by Gasteiger charge is -2.09. The molecule has 0 aliphatic rings. The number of nitrogens with zero attached hydrogens (tertiary/aromatic N) is 2. The second kappa shape index (κ2) is 5.74. The van der Waals surface area contributed by atoms with E-state index in [2.05, 4.69) is 20.0 Å². The number of nitrogen functional groups attached to an aromatic ring is 1. The van der Waals surface area contributed by atoms with E-state index >= 15 is 0 Å². The number of methoxy groups -OCH3 is 2. The first kappa shape index (κ1) is 12.0. The van der Waals surface area contributed by atoms with E-state index in [4.69, 9.17) is 10.5 Å². The minimum Gasteiger partial charge on any atom is -0.479 e. The quantitative estimate of drug-likeness (QED) is 0.684. The molecule has 0 bridgehead atoms. The summed E-state index contributed by atoms with van der Waals surface area (Å²) in [6, 6.07) is 0. The zero-order chi connectivity index (χ0) is 12.0. The van der Waals surface area contributed by atoms with Crippen LogP contribution in [0.4, 0.5) is 11.5 Å². The molecule has 0 atom stereocenters. The second-order valence-corrected chi connectivity index (χ2v) is 2.90. The van der Waals surface area contributed by atoms with Gasteiger partial charge in [0, 0.05) is 6.54 Å². The van der Waals surface area contributed by atoms with Gasteiger partial charge < -0.3 is 20.5 Å². The average molecular weight is 226 g/mol. The summed E-state index contributed by atoms with van der Waals surface area (Å²) in [6.07, 6.45) is 1.57. The van der Waals surface area contributed by atoms with Crippen molar-refractivity contribution in [2.24, 2.45) is 0 Å². The SMILES string of the molecule is COC(=O)CCNc1ncnc(OC)c1N. The summed E-state index contributed by atoms with van der Waals surface area (Å²) in [5.74, 6) is 0.443. The van der Waals surface area contributed by atoms with Crippen LogP contribution in [0.25, 0.3) is 0 Å². The Kier molecular flexibility index (Phi) is 4.31. The molecule has 1 rings (SSSR count). The van der Waals surface area contributed by atoms with Crippen molar-refractivity contribution >= 4 is 17.5 Å². The highest BCUT2D eigenvalue weighted by molar-refractivity contribution is 5.71. The summed E-state index contributed by atoms with van der Waals surface area (Å²) in [5, 5.41) is 2.90. The predicted octanol–water partition coefficient (Wildman–Crippen LogP) is 0.0424. The molecule has 1 aromatic rings. The summed E-state index contributed by atoms with van der Waals surface area (Å²) in [7, 11) is 2.81. The zero-order valence-electron chi connectivity index (χ0n) is 9.19. The van der Waals surface area contributed by atoms with Crippen molar-refractivity contribution in [1.82, 2.24) is 9.97 Å². The lowest BCUT2D eigenvalue weighted by Crippen LogP contribution is -2.12. The fraction of sp³-hybridized carbons (Fsp3) is 0.444. The van der Waals surface area contributed by atoms with E-state index in [-0.39, 0.29) is 12.4 Å². The van der Waals surface area contributed by atoms with Crippen LogP contribution in [0.15, 0.2) is 6.33 Å². The molecule has 0 aliphatic heterocycles. The van der Waals surface area contributed by atoms with Gasteiger partial charge in [-0.15, -0.1) is 0 Å². The Balaban J connectivity index is 2.57. The number of ether oxygens (including phenoxy) is 2. The van der Waals surface area contributed by atoms with E-state index in [1.165, 1.54) is 20.5 Å². The number of carbonyl (C=O) groups is 1. The first-order chi connectivity index (χ1) is 7.69. The predicted molar refractivity (Wildman–Crippen MR) is 58.1 cm³/mol. The molecule has 1 heterocycles. The van der Waals surface area contributed by atoms with Gasteiger partial charge in [-0.05, 0) is 0 Å². The van der Waals surface area contributed by atoms with Gasteiger partial charge in [-0.1, -0.05) is 0 Å². The molecule has 0 aliphatic carbocycles. The Morgan fingerprint density at radius 1 is 1.50 bits per heavy atom. The van der Waals surface area contributed by atoms with Gasteiger partial charge in [0.2, 0.25) is 5.88 Å². The van der Waals surface area contributed by atoms with Gasteiger partial charge in [0.05, 0.1) is 20.6 Å². The lowest BCUT2D eigenvalue weighted by atomic mass is 10.4. The monoisotopic (exact) mass is 226 g/mol. The van der Waals surface area contributed by atoms with Crippen LogP contribution in [0.2, 0.25) is 0 Å². The number of hydrogen-bond acceptors (Lipinski definition) is 7. The molecule has 0 saturated heterocycles. The molecule has 0 unspecified atom stereocenters. The number of hydrogen-bond donors (Lipinski definition) is 2. The van der Waals surface area contributed by atoms with Crippen LogP contribution >= 0.6 is 0 Å². The highest BCUT2D eigenvalue weighted by Crippen LogP contribution is 2.23. The topological polar surface area (TPSA) is 99.4 Å². The fourth-order valence-corrected chi connectivity index (χ4v) is 1.07. The molecule has 0 saturated carbocycles. The Bertz CT molecular complexity index is 370. The van der Waals surface area contributed by atoms with E-state index in [0.29, 0.717) is 23.9 Å². The van der Waals surface area contributed by atoms with Crippen molar-refractivity contribution in [3.63, 3.8) is 0 Å². The summed E-state index contributed by atoms with van der Waals surface area (Å²) in [5.41, 5.74) is 6.03. The van der Waals surface area contributed by atoms with E-state index < -0.39 is 0 Å². The van der Waals surface area contributed by atoms with Crippen molar-refractivity contribution in [2.45, 2.75) is 6.42 Å². The molecule has 0 radical (unpaired) electrons. The Hall–Kier alpha value is -2.05. The fourth-order valence-electron chi connectivity index (χ4n) is 1.07. The molecule has 7 heteroatoms. The van der Waals surface area contributed by atoms with Crippen molar-refractivity contribution in [3.05, 3.63) is 6.33 Å². The van der Waals surface area contributed by atoms with Gasteiger partial charge in [-0.3, -0.25) is 4.79 Å². The van der Waals surface area contributed by atoms with Crippen molar-refractivity contribution in [1.29, 1.82) is 0 Å². The number of carbonyl (C=O) groups excluding carboxylic acids is 1. The molecule has 16 heavy (non-hydrogen) atoms. The van der Waals surface area contributed by atoms with Gasteiger partial charge >= 0.3 is 5.97 Å². The van der Waals surface area contributed by atoms with Gasteiger partial charge in [0.15, 0.2) is 5.82 Å². The summed E-state index contributed by atoms with van der Waals surface area (Å²) < 4.78 is 9.42. The van der Waals surface area contributed by atoms with Crippen molar-refractivity contribution in [2.75, 3.05) is 31.8 Å². The van der Waals surface area contributed by atoms with Crippen LogP contribution in [0.3, 0.4) is 0 Å². The average Bonchev–Trinajstić information content (AvgIpc) is 2.31. The van der Waals surface area contributed by atoms with E-state index in [0.717, 1.165) is 0 Å². The third-order valence-corrected chi connectivity index (χ3v) is 1.89. The molecular weight excluding hydrogens is 212 g/mol. The Morgan fingerprint density at radius 2 is 2.25 bits per heavy atom. The highest BCUT2D eigenvalue weighted by atomic mass is 16.5. The zero-order valence-corrected chi connectivity index (χ0v) is 9.19. The summed E-state index contributed by atoms with van der Waals surface area (Å²) >= 11 is 0. The number of nitrogens with two attached hydrogens (primary N) is 1. The highest BCUT2D eigenvalue weighted by Gasteiger charge is 2.08. The minimum absolute atomic E-state index is 0.238. The third kappa shape index (κ3) is 2.97. The number of aromatic nitrogens is 2. The minimum atomic E-state index is -0.299. The molecule has 0 fully saturated rings. The maximum absolute atomic E-state index is 10.9. The smallest absolute Gasteiger partial charge is 0.307 e. The Labute approximate surface area is 93.0 Å². The normalized spacial score (nSPS) is 9.62. The van der Waals surface area contributed by atoms with E-state index in [1.54, 1.807) is 0 Å². The van der Waals surface area contributed by atoms with Crippen LogP contribution in [0, 0.1) is 0 Å². The maximum atomic E-state index is 10.9. The van der Waals surface area contributed by atoms with Crippen LogP contribution in [-0.2, 0) is 9.53 Å². The summed E-state index contributed by atoms with van der Waals surface area (Å²) in [6.45, 7) is 0.386. The molecule has 88 valence electrons. The maximum Gasteiger partial charge on any atom is 0.307 e. The van der Waals surface area contributed by atoms with E-state index in [9.17, 15) is 4.79 Å². The second-order valence-electron chi connectivity index (χ2n) is 2.90. The third-order valence-electron chi connectivity index (χ3n) is 1.89. The van der Waals surface area contributed by atoms with Crippen LogP contribution in [-0.4, -0.2) is 36.7 Å². The lowest BCUT2D eigenvalue weighted by molar-refractivity contribution is -0.140. The van der Waals surface area contributed by atoms with Gasteiger partial charge in [0.1, 0.15) is 12.0 Å². The molecule has 0 spiro atoms. The standard InChI is InChI=1S/C9H14N4O3/c1-15-6(14)3-4-11-8-7(10)9(16-2)13-5-12-8/h5H,3-4,10H2,1-2H3,(H,11,12,13). The number of rotatable bonds is 5. The molecule has 7 nitrogen and oxygen atoms in total. The summed E-state index contributed by atoms with van der Waals surface area (Å²) in [4.78, 5) is 18.6. The number of esters is 1. The van der Waals surface area contributed by atoms with E-state index in [1.807, 2.05) is 0 Å². The molecule has 1 aromatic heterocycles. The van der Waals surface area contributed by atoms with Crippen LogP contribution in [0.5, 0.6) is 5.88 Å². The molecule has 0 amide bonds. The first-order valence-corrected chi connectivity index (χ1v) is 4.64. The molecular formula is C9H14N4O3. The van der Waals surface area contributed by atoms with Crippen LogP contribution < -0.4 is 15.8 Å².